The predicted molar refractivity (Wildman–Crippen MR) is 100 cm³/mol. The number of nitrogens with two attached hydrogens (primary N) is 1. The summed E-state index contributed by atoms with van der Waals surface area (Å²) in [5, 5.41) is 0. The maximum Gasteiger partial charge on any atom is 0.242 e. The van der Waals surface area contributed by atoms with Gasteiger partial charge in [-0.15, -0.1) is 0 Å². The van der Waals surface area contributed by atoms with Crippen LogP contribution in [0.4, 0.5) is 0 Å². The molecule has 0 aromatic heterocycles. The lowest BCUT2D eigenvalue weighted by Crippen LogP contribution is -2.62. The third-order valence-corrected chi connectivity index (χ3v) is 4.79. The van der Waals surface area contributed by atoms with E-state index in [1.807, 2.05) is 36.4 Å². The van der Waals surface area contributed by atoms with Crippen LogP contribution >= 0.6 is 0 Å². The van der Waals surface area contributed by atoms with Crippen molar-refractivity contribution in [3.63, 3.8) is 0 Å². The molecular formula is C20H24N2O5. The van der Waals surface area contributed by atoms with Crippen LogP contribution in [0.25, 0.3) is 0 Å². The average Bonchev–Trinajstić information content (AvgIpc) is 2.72. The molecule has 1 aliphatic rings. The van der Waals surface area contributed by atoms with Crippen molar-refractivity contribution in [3.8, 4) is 23.0 Å². The zero-order valence-electron chi connectivity index (χ0n) is 15.9. The number of hydrogen-bond acceptors (Lipinski definition) is 6. The van der Waals surface area contributed by atoms with Gasteiger partial charge in [0.1, 0.15) is 6.04 Å². The second kappa shape index (κ2) is 7.75. The molecule has 1 fully saturated rings. The van der Waals surface area contributed by atoms with E-state index in [0.29, 0.717) is 29.5 Å². The summed E-state index contributed by atoms with van der Waals surface area (Å²) < 4.78 is 21.2. The van der Waals surface area contributed by atoms with Gasteiger partial charge in [0.05, 0.1) is 34.5 Å². The van der Waals surface area contributed by atoms with Gasteiger partial charge in [0.2, 0.25) is 5.91 Å². The van der Waals surface area contributed by atoms with Gasteiger partial charge in [0.25, 0.3) is 0 Å². The minimum atomic E-state index is -0.580. The smallest absolute Gasteiger partial charge is 0.242 e. The molecule has 1 aliphatic heterocycles. The normalized spacial score (nSPS) is 18.7. The van der Waals surface area contributed by atoms with E-state index in [1.54, 1.807) is 33.3 Å². The number of carbonyl (C=O) groups is 1. The van der Waals surface area contributed by atoms with Crippen LogP contribution < -0.4 is 24.7 Å². The second-order valence-electron chi connectivity index (χ2n) is 6.24. The number of methoxy groups -OCH3 is 4. The van der Waals surface area contributed by atoms with Crippen LogP contribution in [-0.2, 0) is 11.3 Å². The van der Waals surface area contributed by atoms with Gasteiger partial charge in [-0.1, -0.05) is 12.1 Å². The molecule has 144 valence electrons. The summed E-state index contributed by atoms with van der Waals surface area (Å²) in [6, 6.07) is 10.4. The largest absolute Gasteiger partial charge is 0.493 e. The molecule has 1 saturated heterocycles. The lowest BCUT2D eigenvalue weighted by atomic mass is 9.88. The van der Waals surface area contributed by atoms with Crippen molar-refractivity contribution in [2.45, 2.75) is 18.6 Å². The Balaban J connectivity index is 1.86. The SMILES string of the molecule is COc1ccc(CN2C(=O)[C@@H](N)[C@@H]2c2ccc(OC)c(OC)c2)cc1OC. The van der Waals surface area contributed by atoms with Gasteiger partial charge >= 0.3 is 0 Å². The Labute approximate surface area is 158 Å². The predicted octanol–water partition coefficient (Wildman–Crippen LogP) is 2.13. The van der Waals surface area contributed by atoms with E-state index < -0.39 is 6.04 Å². The Hall–Kier alpha value is -2.93. The highest BCUT2D eigenvalue weighted by Crippen LogP contribution is 2.39. The summed E-state index contributed by atoms with van der Waals surface area (Å²) in [5.41, 5.74) is 7.93. The summed E-state index contributed by atoms with van der Waals surface area (Å²) in [6.45, 7) is 0.423. The minimum absolute atomic E-state index is 0.0930. The molecule has 3 rings (SSSR count). The average molecular weight is 372 g/mol. The third-order valence-electron chi connectivity index (χ3n) is 4.79. The van der Waals surface area contributed by atoms with Gasteiger partial charge in [0, 0.05) is 6.54 Å². The van der Waals surface area contributed by atoms with Gasteiger partial charge in [-0.25, -0.2) is 0 Å². The molecule has 27 heavy (non-hydrogen) atoms. The molecular weight excluding hydrogens is 348 g/mol. The Morgan fingerprint density at radius 1 is 0.852 bits per heavy atom. The summed E-state index contributed by atoms with van der Waals surface area (Å²) in [5.74, 6) is 2.41. The van der Waals surface area contributed by atoms with Crippen LogP contribution in [0.15, 0.2) is 36.4 Å². The first-order chi connectivity index (χ1) is 13.0. The van der Waals surface area contributed by atoms with Gasteiger partial charge < -0.3 is 29.6 Å². The molecule has 7 nitrogen and oxygen atoms in total. The van der Waals surface area contributed by atoms with Crippen molar-refractivity contribution in [3.05, 3.63) is 47.5 Å². The summed E-state index contributed by atoms with van der Waals surface area (Å²) in [6.07, 6.45) is 0. The number of hydrogen-bond donors (Lipinski definition) is 1. The molecule has 2 aromatic rings. The lowest BCUT2D eigenvalue weighted by Gasteiger charge is -2.46. The van der Waals surface area contributed by atoms with Gasteiger partial charge in [-0.2, -0.15) is 0 Å². The van der Waals surface area contributed by atoms with Crippen LogP contribution in [0.2, 0.25) is 0 Å². The highest BCUT2D eigenvalue weighted by atomic mass is 16.5. The third kappa shape index (κ3) is 3.38. The van der Waals surface area contributed by atoms with E-state index in [9.17, 15) is 4.79 Å². The summed E-state index contributed by atoms with van der Waals surface area (Å²) in [4.78, 5) is 14.1. The molecule has 0 unspecified atom stereocenters. The fourth-order valence-electron chi connectivity index (χ4n) is 3.35. The van der Waals surface area contributed by atoms with E-state index in [2.05, 4.69) is 0 Å². The van der Waals surface area contributed by atoms with E-state index in [-0.39, 0.29) is 11.9 Å². The first-order valence-corrected chi connectivity index (χ1v) is 8.53. The number of rotatable bonds is 7. The Morgan fingerprint density at radius 2 is 1.41 bits per heavy atom. The molecule has 0 radical (unpaired) electrons. The summed E-state index contributed by atoms with van der Waals surface area (Å²) >= 11 is 0. The number of amides is 1. The molecule has 2 atom stereocenters. The topological polar surface area (TPSA) is 83.3 Å². The van der Waals surface area contributed by atoms with E-state index in [4.69, 9.17) is 24.7 Å². The fraction of sp³-hybridized carbons (Fsp3) is 0.350. The zero-order valence-corrected chi connectivity index (χ0v) is 15.9. The second-order valence-corrected chi connectivity index (χ2v) is 6.24. The molecule has 0 saturated carbocycles. The van der Waals surface area contributed by atoms with Crippen LogP contribution in [0.3, 0.4) is 0 Å². The standard InChI is InChI=1S/C20H24N2O5/c1-24-14-7-5-12(9-16(14)26-3)11-22-19(18(21)20(22)23)13-6-8-15(25-2)17(10-13)27-4/h5-10,18-19H,11,21H2,1-4H3/t18-,19-/m0/s1. The Morgan fingerprint density at radius 3 is 2.00 bits per heavy atom. The van der Waals surface area contributed by atoms with Crippen molar-refractivity contribution in [1.82, 2.24) is 4.90 Å². The number of likely N-dealkylation sites (tertiary alicyclic amines) is 1. The Kier molecular flexibility index (Phi) is 5.41. The van der Waals surface area contributed by atoms with Crippen molar-refractivity contribution in [2.24, 2.45) is 5.73 Å². The monoisotopic (exact) mass is 372 g/mol. The molecule has 2 N–H and O–H groups in total. The molecule has 2 aromatic carbocycles. The Bertz CT molecular complexity index is 839. The fourth-order valence-corrected chi connectivity index (χ4v) is 3.35. The van der Waals surface area contributed by atoms with Crippen LogP contribution in [-0.4, -0.2) is 45.3 Å². The number of ether oxygens (including phenoxy) is 4. The van der Waals surface area contributed by atoms with Crippen LogP contribution in [0, 0.1) is 0 Å². The van der Waals surface area contributed by atoms with Crippen LogP contribution in [0.1, 0.15) is 17.2 Å². The molecule has 0 aliphatic carbocycles. The first-order valence-electron chi connectivity index (χ1n) is 8.53. The molecule has 1 heterocycles. The molecule has 0 spiro atoms. The molecule has 0 bridgehead atoms. The maximum atomic E-state index is 12.4. The zero-order chi connectivity index (χ0) is 19.6. The van der Waals surface area contributed by atoms with Crippen molar-refractivity contribution in [1.29, 1.82) is 0 Å². The van der Waals surface area contributed by atoms with E-state index >= 15 is 0 Å². The van der Waals surface area contributed by atoms with Gasteiger partial charge in [0.15, 0.2) is 23.0 Å². The number of benzene rings is 2. The van der Waals surface area contributed by atoms with E-state index in [0.717, 1.165) is 11.1 Å². The first kappa shape index (κ1) is 18.8. The van der Waals surface area contributed by atoms with Gasteiger partial charge in [-0.3, -0.25) is 4.79 Å². The molecule has 1 amide bonds. The number of nitrogens with zero attached hydrogens (tertiary/aromatic N) is 1. The highest BCUT2D eigenvalue weighted by Gasteiger charge is 2.45. The highest BCUT2D eigenvalue weighted by molar-refractivity contribution is 5.89. The quantitative estimate of drug-likeness (QED) is 0.750. The number of β-lactam (4-membered cyclic amide) rings is 1. The van der Waals surface area contributed by atoms with E-state index in [1.165, 1.54) is 0 Å². The minimum Gasteiger partial charge on any atom is -0.493 e. The maximum absolute atomic E-state index is 12.4. The molecule has 7 heteroatoms. The van der Waals surface area contributed by atoms with Gasteiger partial charge in [-0.05, 0) is 35.4 Å². The lowest BCUT2D eigenvalue weighted by molar-refractivity contribution is -0.150. The van der Waals surface area contributed by atoms with Crippen LogP contribution in [0.5, 0.6) is 23.0 Å². The summed E-state index contributed by atoms with van der Waals surface area (Å²) in [7, 11) is 6.33. The van der Waals surface area contributed by atoms with Crippen molar-refractivity contribution in [2.75, 3.05) is 28.4 Å². The van der Waals surface area contributed by atoms with Crippen molar-refractivity contribution >= 4 is 5.91 Å². The number of carbonyl (C=O) groups excluding carboxylic acids is 1. The van der Waals surface area contributed by atoms with Crippen molar-refractivity contribution < 1.29 is 23.7 Å².